The summed E-state index contributed by atoms with van der Waals surface area (Å²) in [7, 11) is 1.70. The summed E-state index contributed by atoms with van der Waals surface area (Å²) in [6.07, 6.45) is 5.04. The minimum atomic E-state index is 0.707. The Labute approximate surface area is 83.7 Å². The summed E-state index contributed by atoms with van der Waals surface area (Å²) < 4.78 is 4.98. The summed E-state index contributed by atoms with van der Waals surface area (Å²) in [5.74, 6) is 0.990. The highest BCUT2D eigenvalue weighted by Crippen LogP contribution is 2.24. The first kappa shape index (κ1) is 9.40. The van der Waals surface area contributed by atoms with Gasteiger partial charge in [0.1, 0.15) is 12.1 Å². The van der Waals surface area contributed by atoms with Gasteiger partial charge in [-0.2, -0.15) is 0 Å². The van der Waals surface area contributed by atoms with Crippen molar-refractivity contribution in [3.8, 4) is 0 Å². The van der Waals surface area contributed by atoms with Crippen LogP contribution in [-0.4, -0.2) is 30.2 Å². The highest BCUT2D eigenvalue weighted by atomic mass is 16.5. The molecule has 1 aromatic rings. The zero-order valence-corrected chi connectivity index (χ0v) is 8.42. The van der Waals surface area contributed by atoms with Gasteiger partial charge in [0.2, 0.25) is 0 Å². The topological polar surface area (TPSA) is 47.0 Å². The molecule has 0 aromatic carbocycles. The van der Waals surface area contributed by atoms with Crippen LogP contribution in [0, 0.1) is 0 Å². The van der Waals surface area contributed by atoms with Crippen molar-refractivity contribution in [2.75, 3.05) is 25.6 Å². The molecule has 0 fully saturated rings. The zero-order chi connectivity index (χ0) is 9.80. The molecular weight excluding hydrogens is 178 g/mol. The summed E-state index contributed by atoms with van der Waals surface area (Å²) in [6.45, 7) is 1.51. The van der Waals surface area contributed by atoms with Gasteiger partial charge in [-0.05, 0) is 19.3 Å². The van der Waals surface area contributed by atoms with Crippen molar-refractivity contribution in [1.29, 1.82) is 0 Å². The molecule has 0 atom stereocenters. The first-order chi connectivity index (χ1) is 6.92. The molecule has 2 rings (SSSR count). The molecule has 4 nitrogen and oxygen atoms in total. The van der Waals surface area contributed by atoms with Crippen LogP contribution in [0.2, 0.25) is 0 Å². The first-order valence-corrected chi connectivity index (χ1v) is 4.97. The van der Waals surface area contributed by atoms with Gasteiger partial charge in [-0.3, -0.25) is 0 Å². The Hall–Kier alpha value is -1.16. The maximum Gasteiger partial charge on any atom is 0.132 e. The number of hydrogen-bond acceptors (Lipinski definition) is 4. The standard InChI is InChI=1S/C10H15N3O/c1-14-6-5-11-10-8-3-2-4-9(8)12-7-13-10/h7H,2-6H2,1H3,(H,11,12,13). The summed E-state index contributed by atoms with van der Waals surface area (Å²) in [5.41, 5.74) is 2.50. The van der Waals surface area contributed by atoms with E-state index in [-0.39, 0.29) is 0 Å². The van der Waals surface area contributed by atoms with E-state index < -0.39 is 0 Å². The second-order valence-corrected chi connectivity index (χ2v) is 3.42. The van der Waals surface area contributed by atoms with Crippen molar-refractivity contribution in [2.45, 2.75) is 19.3 Å². The zero-order valence-electron chi connectivity index (χ0n) is 8.42. The predicted molar refractivity (Wildman–Crippen MR) is 54.4 cm³/mol. The fraction of sp³-hybridized carbons (Fsp3) is 0.600. The van der Waals surface area contributed by atoms with E-state index >= 15 is 0 Å². The van der Waals surface area contributed by atoms with E-state index in [1.54, 1.807) is 13.4 Å². The Morgan fingerprint density at radius 1 is 1.43 bits per heavy atom. The average molecular weight is 193 g/mol. The van der Waals surface area contributed by atoms with Gasteiger partial charge >= 0.3 is 0 Å². The summed E-state index contributed by atoms with van der Waals surface area (Å²) in [4.78, 5) is 8.51. The van der Waals surface area contributed by atoms with Gasteiger partial charge in [0.25, 0.3) is 0 Å². The molecule has 1 aliphatic carbocycles. The monoisotopic (exact) mass is 193 g/mol. The van der Waals surface area contributed by atoms with Gasteiger partial charge in [-0.25, -0.2) is 9.97 Å². The van der Waals surface area contributed by atoms with Gasteiger partial charge in [0, 0.05) is 24.9 Å². The minimum absolute atomic E-state index is 0.707. The number of rotatable bonds is 4. The van der Waals surface area contributed by atoms with Gasteiger partial charge in [0.05, 0.1) is 6.61 Å². The van der Waals surface area contributed by atoms with Gasteiger partial charge in [-0.15, -0.1) is 0 Å². The molecule has 1 aliphatic rings. The summed E-state index contributed by atoms with van der Waals surface area (Å²) in [6, 6.07) is 0. The molecule has 1 aromatic heterocycles. The van der Waals surface area contributed by atoms with Crippen LogP contribution in [0.15, 0.2) is 6.33 Å². The average Bonchev–Trinajstić information content (AvgIpc) is 2.67. The molecule has 14 heavy (non-hydrogen) atoms. The Bertz CT molecular complexity index is 314. The number of nitrogens with one attached hydrogen (secondary N) is 1. The third-order valence-electron chi connectivity index (χ3n) is 2.47. The first-order valence-electron chi connectivity index (χ1n) is 4.97. The van der Waals surface area contributed by atoms with Gasteiger partial charge < -0.3 is 10.1 Å². The number of fused-ring (bicyclic) bond motifs is 1. The maximum absolute atomic E-state index is 4.98. The largest absolute Gasteiger partial charge is 0.383 e. The molecule has 0 radical (unpaired) electrons. The van der Waals surface area contributed by atoms with Crippen molar-refractivity contribution >= 4 is 5.82 Å². The fourth-order valence-electron chi connectivity index (χ4n) is 1.78. The number of aromatic nitrogens is 2. The minimum Gasteiger partial charge on any atom is -0.383 e. The molecule has 0 aliphatic heterocycles. The van der Waals surface area contributed by atoms with E-state index in [1.165, 1.54) is 17.7 Å². The molecule has 1 heterocycles. The highest BCUT2D eigenvalue weighted by Gasteiger charge is 2.16. The second-order valence-electron chi connectivity index (χ2n) is 3.42. The molecular formula is C10H15N3O. The van der Waals surface area contributed by atoms with Crippen LogP contribution in [0.1, 0.15) is 17.7 Å². The molecule has 1 N–H and O–H groups in total. The van der Waals surface area contributed by atoms with Crippen LogP contribution in [-0.2, 0) is 17.6 Å². The number of hydrogen-bond donors (Lipinski definition) is 1. The lowest BCUT2D eigenvalue weighted by atomic mass is 10.2. The van der Waals surface area contributed by atoms with Gasteiger partial charge in [0.15, 0.2) is 0 Å². The molecule has 0 unspecified atom stereocenters. The summed E-state index contributed by atoms with van der Waals surface area (Å²) >= 11 is 0. The lowest BCUT2D eigenvalue weighted by Gasteiger charge is -2.08. The molecule has 0 saturated carbocycles. The third kappa shape index (κ3) is 1.85. The van der Waals surface area contributed by atoms with Crippen LogP contribution in [0.3, 0.4) is 0 Å². The fourth-order valence-corrected chi connectivity index (χ4v) is 1.78. The SMILES string of the molecule is COCCNc1ncnc2c1CCC2. The predicted octanol–water partition coefficient (Wildman–Crippen LogP) is 1.02. The van der Waals surface area contributed by atoms with E-state index in [1.807, 2.05) is 0 Å². The third-order valence-corrected chi connectivity index (χ3v) is 2.47. The Balaban J connectivity index is 2.06. The summed E-state index contributed by atoms with van der Waals surface area (Å²) in [5, 5.41) is 3.27. The van der Waals surface area contributed by atoms with E-state index in [0.29, 0.717) is 6.61 Å². The van der Waals surface area contributed by atoms with Crippen LogP contribution in [0.4, 0.5) is 5.82 Å². The number of methoxy groups -OCH3 is 1. The number of ether oxygens (including phenoxy) is 1. The van der Waals surface area contributed by atoms with E-state index in [4.69, 9.17) is 4.74 Å². The molecule has 76 valence electrons. The molecule has 0 bridgehead atoms. The number of anilines is 1. The van der Waals surface area contributed by atoms with E-state index in [2.05, 4.69) is 15.3 Å². The van der Waals surface area contributed by atoms with Crippen molar-refractivity contribution in [1.82, 2.24) is 9.97 Å². The van der Waals surface area contributed by atoms with Crippen molar-refractivity contribution < 1.29 is 4.74 Å². The highest BCUT2D eigenvalue weighted by molar-refractivity contribution is 5.47. The molecule has 0 saturated heterocycles. The Kier molecular flexibility index (Phi) is 2.93. The van der Waals surface area contributed by atoms with Crippen molar-refractivity contribution in [3.05, 3.63) is 17.6 Å². The van der Waals surface area contributed by atoms with Crippen LogP contribution in [0.25, 0.3) is 0 Å². The van der Waals surface area contributed by atoms with Crippen molar-refractivity contribution in [3.63, 3.8) is 0 Å². The number of aryl methyl sites for hydroxylation is 1. The molecule has 0 spiro atoms. The normalized spacial score (nSPS) is 14.1. The van der Waals surface area contributed by atoms with Gasteiger partial charge in [-0.1, -0.05) is 0 Å². The second kappa shape index (κ2) is 4.37. The quantitative estimate of drug-likeness (QED) is 0.725. The van der Waals surface area contributed by atoms with Crippen LogP contribution >= 0.6 is 0 Å². The Morgan fingerprint density at radius 2 is 2.36 bits per heavy atom. The lowest BCUT2D eigenvalue weighted by Crippen LogP contribution is -2.11. The lowest BCUT2D eigenvalue weighted by molar-refractivity contribution is 0.210. The van der Waals surface area contributed by atoms with E-state index in [0.717, 1.165) is 25.2 Å². The van der Waals surface area contributed by atoms with Crippen LogP contribution < -0.4 is 5.32 Å². The number of nitrogens with zero attached hydrogens (tertiary/aromatic N) is 2. The molecule has 0 amide bonds. The Morgan fingerprint density at radius 3 is 3.21 bits per heavy atom. The van der Waals surface area contributed by atoms with Crippen molar-refractivity contribution in [2.24, 2.45) is 0 Å². The van der Waals surface area contributed by atoms with Crippen LogP contribution in [0.5, 0.6) is 0 Å². The maximum atomic E-state index is 4.98. The van der Waals surface area contributed by atoms with E-state index in [9.17, 15) is 0 Å². The molecule has 4 heteroatoms. The smallest absolute Gasteiger partial charge is 0.132 e.